The molecule has 0 rings (SSSR count). The topological polar surface area (TPSA) is 119 Å². The number of esters is 2. The van der Waals surface area contributed by atoms with Crippen molar-refractivity contribution < 1.29 is 37.9 Å². The molecule has 0 aliphatic rings. The Kier molecular flexibility index (Phi) is 41.0. The molecule has 2 N–H and O–H groups in total. The molecule has 0 aliphatic carbocycles. The Morgan fingerprint density at radius 1 is 0.455 bits per heavy atom. The van der Waals surface area contributed by atoms with Crippen LogP contribution in [0.15, 0.2) is 24.3 Å². The molecule has 0 saturated carbocycles. The lowest BCUT2D eigenvalue weighted by Gasteiger charge is -2.18. The summed E-state index contributed by atoms with van der Waals surface area (Å²) >= 11 is 0. The summed E-state index contributed by atoms with van der Waals surface area (Å²) in [5.41, 5.74) is 0. The Morgan fingerprint density at radius 3 is 1.11 bits per heavy atom. The van der Waals surface area contributed by atoms with Crippen LogP contribution in [-0.2, 0) is 28.2 Å². The zero-order chi connectivity index (χ0) is 40.3. The minimum absolute atomic E-state index is 0.210. The molecule has 0 amide bonds. The standard InChI is InChI=1S/C46H87O8P/c1-3-5-7-9-11-13-15-17-19-21-22-23-24-25-27-29-31-33-35-37-39-41-46(48)54-44(43-53-55(49,50)51)42-52-45(47)40-38-36-34-32-30-28-26-20-18-16-14-12-10-8-6-4-2/h20-22,26,44H,3-19,23-25,27-43H2,1-2H3,(H2,49,50,51)/b22-21-,26-20-. The van der Waals surface area contributed by atoms with E-state index in [0.29, 0.717) is 12.8 Å². The van der Waals surface area contributed by atoms with Crippen molar-refractivity contribution in [1.29, 1.82) is 0 Å². The van der Waals surface area contributed by atoms with Crippen LogP contribution in [0, 0.1) is 0 Å². The fourth-order valence-corrected chi connectivity index (χ4v) is 7.08. The van der Waals surface area contributed by atoms with E-state index in [-0.39, 0.29) is 19.4 Å². The Morgan fingerprint density at radius 2 is 0.764 bits per heavy atom. The largest absolute Gasteiger partial charge is 0.469 e. The quantitative estimate of drug-likeness (QED) is 0.0271. The summed E-state index contributed by atoms with van der Waals surface area (Å²) in [4.78, 5) is 42.9. The lowest BCUT2D eigenvalue weighted by molar-refractivity contribution is -0.161. The highest BCUT2D eigenvalue weighted by Gasteiger charge is 2.23. The van der Waals surface area contributed by atoms with Gasteiger partial charge in [0.15, 0.2) is 6.10 Å². The molecule has 0 bridgehead atoms. The predicted octanol–water partition coefficient (Wildman–Crippen LogP) is 14.4. The second-order valence-corrected chi connectivity index (χ2v) is 17.0. The van der Waals surface area contributed by atoms with Gasteiger partial charge in [-0.2, -0.15) is 0 Å². The number of allylic oxidation sites excluding steroid dienone is 4. The van der Waals surface area contributed by atoms with Crippen molar-refractivity contribution in [3.05, 3.63) is 24.3 Å². The third-order valence-corrected chi connectivity index (χ3v) is 10.7. The van der Waals surface area contributed by atoms with Crippen molar-refractivity contribution in [2.45, 2.75) is 245 Å². The van der Waals surface area contributed by atoms with Crippen molar-refractivity contribution in [3.8, 4) is 0 Å². The monoisotopic (exact) mass is 799 g/mol. The van der Waals surface area contributed by atoms with Gasteiger partial charge in [-0.15, -0.1) is 0 Å². The molecule has 0 aromatic rings. The molecule has 9 heteroatoms. The number of unbranched alkanes of at least 4 members (excludes halogenated alkanes) is 29. The molecular formula is C46H87O8P. The number of phosphoric ester groups is 1. The summed E-state index contributed by atoms with van der Waals surface area (Å²) in [6, 6.07) is 0. The summed E-state index contributed by atoms with van der Waals surface area (Å²) in [5.74, 6) is -0.887. The second-order valence-electron chi connectivity index (χ2n) is 15.7. The van der Waals surface area contributed by atoms with Gasteiger partial charge in [-0.3, -0.25) is 14.1 Å². The molecule has 0 spiro atoms. The first-order valence-corrected chi connectivity index (χ1v) is 24.7. The summed E-state index contributed by atoms with van der Waals surface area (Å²) in [5, 5.41) is 0. The highest BCUT2D eigenvalue weighted by Crippen LogP contribution is 2.36. The van der Waals surface area contributed by atoms with Crippen molar-refractivity contribution in [2.75, 3.05) is 13.2 Å². The molecular weight excluding hydrogens is 711 g/mol. The third kappa shape index (κ3) is 45.1. The van der Waals surface area contributed by atoms with Crippen LogP contribution >= 0.6 is 7.82 Å². The molecule has 0 saturated heterocycles. The van der Waals surface area contributed by atoms with Gasteiger partial charge in [-0.1, -0.05) is 186 Å². The molecule has 55 heavy (non-hydrogen) atoms. The predicted molar refractivity (Wildman–Crippen MR) is 230 cm³/mol. The average molecular weight is 799 g/mol. The number of hydrogen-bond acceptors (Lipinski definition) is 6. The Labute approximate surface area is 339 Å². The van der Waals surface area contributed by atoms with Gasteiger partial charge in [0.2, 0.25) is 0 Å². The van der Waals surface area contributed by atoms with E-state index < -0.39 is 32.5 Å². The van der Waals surface area contributed by atoms with Crippen LogP contribution in [0.2, 0.25) is 0 Å². The molecule has 8 nitrogen and oxygen atoms in total. The van der Waals surface area contributed by atoms with E-state index in [1.807, 2.05) is 0 Å². The first-order chi connectivity index (χ1) is 26.8. The summed E-state index contributed by atoms with van der Waals surface area (Å²) in [7, 11) is -4.76. The van der Waals surface area contributed by atoms with Crippen LogP contribution in [0.4, 0.5) is 0 Å². The average Bonchev–Trinajstić information content (AvgIpc) is 3.16. The highest BCUT2D eigenvalue weighted by molar-refractivity contribution is 7.46. The SMILES string of the molecule is CCCCCCCCC/C=C\CCCCCCCC(=O)OCC(COP(=O)(O)O)OC(=O)CCCCCCCCCCC/C=C\CCCCCCCCCC. The second kappa shape index (κ2) is 42.1. The van der Waals surface area contributed by atoms with E-state index in [2.05, 4.69) is 42.7 Å². The Bertz CT molecular complexity index is 946. The van der Waals surface area contributed by atoms with E-state index in [4.69, 9.17) is 19.3 Å². The van der Waals surface area contributed by atoms with Gasteiger partial charge >= 0.3 is 19.8 Å². The highest BCUT2D eigenvalue weighted by atomic mass is 31.2. The van der Waals surface area contributed by atoms with Gasteiger partial charge in [0.05, 0.1) is 6.61 Å². The molecule has 0 aromatic carbocycles. The lowest BCUT2D eigenvalue weighted by Crippen LogP contribution is -2.29. The minimum atomic E-state index is -4.76. The van der Waals surface area contributed by atoms with Gasteiger partial charge in [0.1, 0.15) is 6.61 Å². The smallest absolute Gasteiger partial charge is 0.462 e. The van der Waals surface area contributed by atoms with Crippen LogP contribution in [0.3, 0.4) is 0 Å². The molecule has 324 valence electrons. The zero-order valence-electron chi connectivity index (χ0n) is 35.8. The molecule has 0 aromatic heterocycles. The third-order valence-electron chi connectivity index (χ3n) is 10.2. The first kappa shape index (κ1) is 53.5. The van der Waals surface area contributed by atoms with E-state index in [1.54, 1.807) is 0 Å². The van der Waals surface area contributed by atoms with Gasteiger partial charge in [0.25, 0.3) is 0 Å². The normalized spacial score (nSPS) is 12.6. The van der Waals surface area contributed by atoms with Gasteiger partial charge in [-0.05, 0) is 64.2 Å². The van der Waals surface area contributed by atoms with E-state index in [9.17, 15) is 14.2 Å². The first-order valence-electron chi connectivity index (χ1n) is 23.1. The van der Waals surface area contributed by atoms with Crippen molar-refractivity contribution in [1.82, 2.24) is 0 Å². The molecule has 1 atom stereocenters. The summed E-state index contributed by atoms with van der Waals surface area (Å²) < 4.78 is 26.4. The van der Waals surface area contributed by atoms with Crippen LogP contribution in [0.25, 0.3) is 0 Å². The lowest BCUT2D eigenvalue weighted by atomic mass is 10.1. The number of ether oxygens (including phenoxy) is 2. The Hall–Kier alpha value is -1.47. The number of phosphoric acid groups is 1. The molecule has 0 radical (unpaired) electrons. The fraction of sp³-hybridized carbons (Fsp3) is 0.870. The maximum absolute atomic E-state index is 12.4. The van der Waals surface area contributed by atoms with Crippen molar-refractivity contribution in [2.24, 2.45) is 0 Å². The maximum Gasteiger partial charge on any atom is 0.469 e. The fourth-order valence-electron chi connectivity index (χ4n) is 6.72. The van der Waals surface area contributed by atoms with Crippen molar-refractivity contribution >= 4 is 19.8 Å². The molecule has 0 fully saturated rings. The van der Waals surface area contributed by atoms with Crippen LogP contribution < -0.4 is 0 Å². The van der Waals surface area contributed by atoms with Gasteiger partial charge in [-0.25, -0.2) is 4.57 Å². The number of carbonyl (C=O) groups excluding carboxylic acids is 2. The summed E-state index contributed by atoms with van der Waals surface area (Å²) in [6.45, 7) is 3.70. The van der Waals surface area contributed by atoms with Crippen LogP contribution in [0.1, 0.15) is 239 Å². The van der Waals surface area contributed by atoms with E-state index in [1.165, 1.54) is 148 Å². The maximum atomic E-state index is 12.4. The summed E-state index contributed by atoms with van der Waals surface area (Å²) in [6.07, 6.45) is 49.0. The molecule has 1 unspecified atom stereocenters. The molecule has 0 aliphatic heterocycles. The van der Waals surface area contributed by atoms with Crippen LogP contribution in [0.5, 0.6) is 0 Å². The van der Waals surface area contributed by atoms with Crippen LogP contribution in [-0.4, -0.2) is 41.0 Å². The van der Waals surface area contributed by atoms with E-state index in [0.717, 1.165) is 51.4 Å². The number of hydrogen-bond donors (Lipinski definition) is 2. The molecule has 0 heterocycles. The zero-order valence-corrected chi connectivity index (χ0v) is 36.7. The van der Waals surface area contributed by atoms with Crippen molar-refractivity contribution in [3.63, 3.8) is 0 Å². The van der Waals surface area contributed by atoms with Gasteiger partial charge in [0, 0.05) is 12.8 Å². The number of carbonyl (C=O) groups is 2. The number of rotatable bonds is 43. The van der Waals surface area contributed by atoms with E-state index >= 15 is 0 Å². The minimum Gasteiger partial charge on any atom is -0.462 e. The Balaban J connectivity index is 3.86. The van der Waals surface area contributed by atoms with Gasteiger partial charge < -0.3 is 19.3 Å².